The Balaban J connectivity index is 1.34. The van der Waals surface area contributed by atoms with Gasteiger partial charge >= 0.3 is 0 Å². The van der Waals surface area contributed by atoms with Crippen LogP contribution in [0.5, 0.6) is 0 Å². The molecule has 3 aromatic heterocycles. The summed E-state index contributed by atoms with van der Waals surface area (Å²) in [7, 11) is 1.88. The first-order chi connectivity index (χ1) is 13.7. The van der Waals surface area contributed by atoms with E-state index in [-0.39, 0.29) is 5.91 Å². The Kier molecular flexibility index (Phi) is 5.49. The molecule has 0 saturated heterocycles. The highest BCUT2D eigenvalue weighted by molar-refractivity contribution is 7.98. The lowest BCUT2D eigenvalue weighted by Gasteiger charge is -2.02. The van der Waals surface area contributed by atoms with Crippen LogP contribution in [0.15, 0.2) is 58.3 Å². The molecule has 0 aliphatic heterocycles. The molecule has 0 spiro atoms. The number of rotatable bonds is 7. The third kappa shape index (κ3) is 4.12. The Morgan fingerprint density at radius 3 is 2.79 bits per heavy atom. The molecule has 3 heterocycles. The van der Waals surface area contributed by atoms with Crippen LogP contribution in [0.1, 0.15) is 20.4 Å². The zero-order valence-corrected chi connectivity index (χ0v) is 16.5. The minimum atomic E-state index is -0.226. The molecule has 8 nitrogen and oxygen atoms in total. The van der Waals surface area contributed by atoms with Crippen LogP contribution in [-0.2, 0) is 19.3 Å². The Bertz CT molecular complexity index is 1060. The summed E-state index contributed by atoms with van der Waals surface area (Å²) >= 11 is 2.75. The Morgan fingerprint density at radius 2 is 2.00 bits per heavy atom. The number of hydrogen-bond donors (Lipinski definition) is 1. The molecule has 10 heteroatoms. The standard InChI is InChI=1S/C18H16N6O2S2/c1-24-15(13-8-5-9-26-13)21-23-18(24)27-11-14-20-22-17(28-14)16(25)19-10-12-6-3-2-4-7-12/h2-9H,10-11H2,1H3,(H,19,25). The van der Waals surface area contributed by atoms with E-state index in [0.717, 1.165) is 15.7 Å². The van der Waals surface area contributed by atoms with Gasteiger partial charge in [-0.05, 0) is 17.7 Å². The fourth-order valence-electron chi connectivity index (χ4n) is 2.44. The van der Waals surface area contributed by atoms with Gasteiger partial charge in [0.2, 0.25) is 5.01 Å². The highest BCUT2D eigenvalue weighted by Crippen LogP contribution is 2.26. The van der Waals surface area contributed by atoms with Crippen molar-refractivity contribution in [1.29, 1.82) is 0 Å². The molecule has 0 atom stereocenters. The van der Waals surface area contributed by atoms with Gasteiger partial charge in [-0.3, -0.25) is 4.79 Å². The maximum absolute atomic E-state index is 12.2. The van der Waals surface area contributed by atoms with Crippen molar-refractivity contribution in [2.45, 2.75) is 17.5 Å². The summed E-state index contributed by atoms with van der Waals surface area (Å²) in [6.45, 7) is 0.456. The van der Waals surface area contributed by atoms with Gasteiger partial charge in [0.1, 0.15) is 5.01 Å². The van der Waals surface area contributed by atoms with E-state index in [1.54, 1.807) is 6.26 Å². The molecule has 1 amide bonds. The second-order valence-electron chi connectivity index (χ2n) is 5.80. The van der Waals surface area contributed by atoms with E-state index in [1.807, 2.05) is 54.1 Å². The SMILES string of the molecule is Cn1c(SCc2nnc(C(=O)NCc3ccccc3)s2)nnc1-c1ccco1. The first kappa shape index (κ1) is 18.4. The lowest BCUT2D eigenvalue weighted by molar-refractivity contribution is 0.0950. The minimum Gasteiger partial charge on any atom is -0.461 e. The second-order valence-corrected chi connectivity index (χ2v) is 7.80. The zero-order chi connectivity index (χ0) is 19.3. The molecule has 142 valence electrons. The van der Waals surface area contributed by atoms with Crippen molar-refractivity contribution in [3.05, 3.63) is 64.3 Å². The average molecular weight is 413 g/mol. The molecule has 4 aromatic rings. The van der Waals surface area contributed by atoms with E-state index in [4.69, 9.17) is 4.42 Å². The van der Waals surface area contributed by atoms with Crippen molar-refractivity contribution in [2.75, 3.05) is 0 Å². The fraction of sp³-hybridized carbons (Fsp3) is 0.167. The van der Waals surface area contributed by atoms with E-state index in [9.17, 15) is 4.79 Å². The molecule has 0 saturated carbocycles. The van der Waals surface area contributed by atoms with Gasteiger partial charge in [-0.25, -0.2) is 0 Å². The number of aromatic nitrogens is 5. The summed E-state index contributed by atoms with van der Waals surface area (Å²) in [6, 6.07) is 13.4. The van der Waals surface area contributed by atoms with Crippen molar-refractivity contribution >= 4 is 29.0 Å². The fourth-order valence-corrected chi connectivity index (χ4v) is 4.10. The van der Waals surface area contributed by atoms with Crippen molar-refractivity contribution in [2.24, 2.45) is 7.05 Å². The van der Waals surface area contributed by atoms with Crippen LogP contribution in [0.25, 0.3) is 11.6 Å². The summed E-state index contributed by atoms with van der Waals surface area (Å²) in [6.07, 6.45) is 1.60. The van der Waals surface area contributed by atoms with Crippen molar-refractivity contribution in [1.82, 2.24) is 30.3 Å². The Hall–Kier alpha value is -2.98. The number of hydrogen-bond acceptors (Lipinski definition) is 8. The number of furan rings is 1. The molecule has 1 N–H and O–H groups in total. The smallest absolute Gasteiger partial charge is 0.282 e. The Morgan fingerprint density at radius 1 is 1.14 bits per heavy atom. The average Bonchev–Trinajstić information content (AvgIpc) is 3.46. The Labute approximate surface area is 169 Å². The summed E-state index contributed by atoms with van der Waals surface area (Å²) < 4.78 is 7.22. The third-order valence-corrected chi connectivity index (χ3v) is 5.99. The number of nitrogens with one attached hydrogen (secondary N) is 1. The number of nitrogens with zero attached hydrogens (tertiary/aromatic N) is 5. The van der Waals surface area contributed by atoms with E-state index in [2.05, 4.69) is 25.7 Å². The van der Waals surface area contributed by atoms with Gasteiger partial charge in [0.05, 0.1) is 12.0 Å². The number of benzene rings is 1. The van der Waals surface area contributed by atoms with E-state index >= 15 is 0 Å². The normalized spacial score (nSPS) is 10.9. The quantitative estimate of drug-likeness (QED) is 0.466. The van der Waals surface area contributed by atoms with Gasteiger partial charge in [-0.15, -0.1) is 20.4 Å². The number of carbonyl (C=O) groups excluding carboxylic acids is 1. The molecule has 1 aromatic carbocycles. The zero-order valence-electron chi connectivity index (χ0n) is 14.9. The number of thioether (sulfide) groups is 1. The molecule has 28 heavy (non-hydrogen) atoms. The van der Waals surface area contributed by atoms with Crippen LogP contribution in [0, 0.1) is 0 Å². The monoisotopic (exact) mass is 412 g/mol. The first-order valence-corrected chi connectivity index (χ1v) is 10.2. The molecular formula is C18H16N6O2S2. The first-order valence-electron chi connectivity index (χ1n) is 8.41. The lowest BCUT2D eigenvalue weighted by Crippen LogP contribution is -2.22. The highest BCUT2D eigenvalue weighted by atomic mass is 32.2. The molecular weight excluding hydrogens is 396 g/mol. The molecule has 0 unspecified atom stereocenters. The minimum absolute atomic E-state index is 0.226. The third-order valence-electron chi connectivity index (χ3n) is 3.86. The van der Waals surface area contributed by atoms with Crippen LogP contribution >= 0.6 is 23.1 Å². The van der Waals surface area contributed by atoms with Gasteiger partial charge in [0.15, 0.2) is 16.7 Å². The lowest BCUT2D eigenvalue weighted by atomic mass is 10.2. The molecule has 0 aliphatic rings. The largest absolute Gasteiger partial charge is 0.461 e. The topological polar surface area (TPSA) is 98.7 Å². The van der Waals surface area contributed by atoms with Crippen molar-refractivity contribution < 1.29 is 9.21 Å². The number of amides is 1. The predicted octanol–water partition coefficient (Wildman–Crippen LogP) is 3.15. The van der Waals surface area contributed by atoms with Crippen molar-refractivity contribution in [3.63, 3.8) is 0 Å². The second kappa shape index (κ2) is 8.36. The summed E-state index contributed by atoms with van der Waals surface area (Å²) in [5, 5.41) is 21.1. The molecule has 0 fully saturated rings. The van der Waals surface area contributed by atoms with Crippen molar-refractivity contribution in [3.8, 4) is 11.6 Å². The van der Waals surface area contributed by atoms with Gasteiger partial charge in [0.25, 0.3) is 5.91 Å². The summed E-state index contributed by atoms with van der Waals surface area (Å²) in [5.74, 6) is 1.64. The maximum atomic E-state index is 12.2. The molecule has 4 rings (SSSR count). The predicted molar refractivity (Wildman–Crippen MR) is 106 cm³/mol. The van der Waals surface area contributed by atoms with E-state index in [0.29, 0.717) is 28.9 Å². The van der Waals surface area contributed by atoms with Gasteiger partial charge in [-0.1, -0.05) is 53.4 Å². The van der Waals surface area contributed by atoms with Gasteiger partial charge < -0.3 is 14.3 Å². The molecule has 0 aliphatic carbocycles. The summed E-state index contributed by atoms with van der Waals surface area (Å²) in [5.41, 5.74) is 1.03. The summed E-state index contributed by atoms with van der Waals surface area (Å²) in [4.78, 5) is 12.2. The van der Waals surface area contributed by atoms with Gasteiger partial charge in [-0.2, -0.15) is 0 Å². The van der Waals surface area contributed by atoms with E-state index < -0.39 is 0 Å². The molecule has 0 bridgehead atoms. The maximum Gasteiger partial charge on any atom is 0.282 e. The van der Waals surface area contributed by atoms with Gasteiger partial charge in [0, 0.05) is 13.6 Å². The van der Waals surface area contributed by atoms with Crippen LogP contribution in [0.3, 0.4) is 0 Å². The molecule has 0 radical (unpaired) electrons. The van der Waals surface area contributed by atoms with Crippen LogP contribution in [0.2, 0.25) is 0 Å². The van der Waals surface area contributed by atoms with Crippen LogP contribution < -0.4 is 5.32 Å². The van der Waals surface area contributed by atoms with E-state index in [1.165, 1.54) is 23.1 Å². The van der Waals surface area contributed by atoms with Crippen LogP contribution in [0.4, 0.5) is 0 Å². The van der Waals surface area contributed by atoms with Crippen LogP contribution in [-0.4, -0.2) is 30.9 Å². The number of carbonyl (C=O) groups is 1. The highest BCUT2D eigenvalue weighted by Gasteiger charge is 2.16.